The average molecular weight is 221 g/mol. The summed E-state index contributed by atoms with van der Waals surface area (Å²) in [4.78, 5) is 3.81. The van der Waals surface area contributed by atoms with Gasteiger partial charge in [0.15, 0.2) is 5.82 Å². The monoisotopic (exact) mass is 221 g/mol. The molecule has 0 unspecified atom stereocenters. The van der Waals surface area contributed by atoms with Crippen LogP contribution in [0.15, 0.2) is 4.52 Å². The lowest BCUT2D eigenvalue weighted by atomic mass is 10.6. The molecule has 1 heterocycles. The average Bonchev–Trinajstić information content (AvgIpc) is 2.48. The van der Waals surface area contributed by atoms with E-state index in [0.29, 0.717) is 5.82 Å². The molecule has 0 fully saturated rings. The van der Waals surface area contributed by atoms with Gasteiger partial charge in [-0.15, -0.1) is 0 Å². The summed E-state index contributed by atoms with van der Waals surface area (Å²) in [5, 5.41) is 11.9. The maximum atomic E-state index is 11.0. The largest absolute Gasteiger partial charge is 0.395 e. The van der Waals surface area contributed by atoms with Gasteiger partial charge in [0.1, 0.15) is 0 Å². The highest BCUT2D eigenvalue weighted by Crippen LogP contribution is 1.96. The summed E-state index contributed by atoms with van der Waals surface area (Å²) in [5.41, 5.74) is 0. The summed E-state index contributed by atoms with van der Waals surface area (Å²) < 4.78 is 29.0. The van der Waals surface area contributed by atoms with Gasteiger partial charge < -0.3 is 9.63 Å². The van der Waals surface area contributed by atoms with Crippen molar-refractivity contribution in [3.63, 3.8) is 0 Å². The molecule has 0 amide bonds. The summed E-state index contributed by atoms with van der Waals surface area (Å²) in [7, 11) is -3.45. The SMILES string of the molecule is Cc1noc(CNS(=O)(=O)CCO)n1. The molecule has 14 heavy (non-hydrogen) atoms. The van der Waals surface area contributed by atoms with Gasteiger partial charge in [-0.2, -0.15) is 4.98 Å². The fourth-order valence-corrected chi connectivity index (χ4v) is 1.50. The van der Waals surface area contributed by atoms with Gasteiger partial charge in [0.2, 0.25) is 15.9 Å². The van der Waals surface area contributed by atoms with Crippen molar-refractivity contribution in [1.29, 1.82) is 0 Å². The number of aromatic nitrogens is 2. The smallest absolute Gasteiger partial charge is 0.241 e. The number of hydrogen-bond donors (Lipinski definition) is 2. The minimum atomic E-state index is -3.45. The Bertz CT molecular complexity index is 386. The predicted molar refractivity (Wildman–Crippen MR) is 46.7 cm³/mol. The minimum absolute atomic E-state index is 0.0524. The highest BCUT2D eigenvalue weighted by molar-refractivity contribution is 7.89. The normalized spacial score (nSPS) is 11.9. The van der Waals surface area contributed by atoms with Crippen LogP contribution in [0.1, 0.15) is 11.7 Å². The molecule has 0 saturated heterocycles. The second-order valence-electron chi connectivity index (χ2n) is 2.60. The third kappa shape index (κ3) is 3.40. The van der Waals surface area contributed by atoms with Crippen LogP contribution in [0.2, 0.25) is 0 Å². The lowest BCUT2D eigenvalue weighted by molar-refractivity contribution is 0.318. The Balaban J connectivity index is 2.48. The van der Waals surface area contributed by atoms with Crippen LogP contribution < -0.4 is 4.72 Å². The Morgan fingerprint density at radius 1 is 1.57 bits per heavy atom. The zero-order chi connectivity index (χ0) is 10.6. The van der Waals surface area contributed by atoms with Crippen molar-refractivity contribution >= 4 is 10.0 Å². The number of rotatable bonds is 5. The fourth-order valence-electron chi connectivity index (χ4n) is 0.776. The lowest BCUT2D eigenvalue weighted by Crippen LogP contribution is -2.27. The number of aliphatic hydroxyl groups is 1. The molecular formula is C6H11N3O4S. The highest BCUT2D eigenvalue weighted by Gasteiger charge is 2.11. The van der Waals surface area contributed by atoms with Gasteiger partial charge in [-0.3, -0.25) is 0 Å². The van der Waals surface area contributed by atoms with Crippen molar-refractivity contribution in [3.8, 4) is 0 Å². The van der Waals surface area contributed by atoms with E-state index in [-0.39, 0.29) is 18.2 Å². The molecule has 1 aromatic heterocycles. The van der Waals surface area contributed by atoms with Gasteiger partial charge in [-0.25, -0.2) is 13.1 Å². The van der Waals surface area contributed by atoms with E-state index >= 15 is 0 Å². The Morgan fingerprint density at radius 2 is 2.29 bits per heavy atom. The first-order valence-electron chi connectivity index (χ1n) is 3.91. The second kappa shape index (κ2) is 4.49. The van der Waals surface area contributed by atoms with Crippen molar-refractivity contribution in [2.75, 3.05) is 12.4 Å². The maximum absolute atomic E-state index is 11.0. The lowest BCUT2D eigenvalue weighted by Gasteiger charge is -2.00. The number of aliphatic hydroxyl groups excluding tert-OH is 1. The molecule has 0 atom stereocenters. The van der Waals surface area contributed by atoms with Gasteiger partial charge in [0, 0.05) is 0 Å². The van der Waals surface area contributed by atoms with Crippen LogP contribution in [0.4, 0.5) is 0 Å². The topological polar surface area (TPSA) is 105 Å². The standard InChI is InChI=1S/C6H11N3O4S/c1-5-8-6(13-9-5)4-7-14(11,12)3-2-10/h7,10H,2-4H2,1H3. The van der Waals surface area contributed by atoms with Crippen molar-refractivity contribution < 1.29 is 18.0 Å². The van der Waals surface area contributed by atoms with Crippen LogP contribution in [0.3, 0.4) is 0 Å². The van der Waals surface area contributed by atoms with Gasteiger partial charge in [-0.05, 0) is 6.92 Å². The molecule has 0 radical (unpaired) electrons. The third-order valence-electron chi connectivity index (χ3n) is 1.37. The summed E-state index contributed by atoms with van der Waals surface area (Å²) in [5.74, 6) is 0.311. The zero-order valence-electron chi connectivity index (χ0n) is 7.60. The molecule has 0 saturated carbocycles. The van der Waals surface area contributed by atoms with Crippen molar-refractivity contribution in [2.24, 2.45) is 0 Å². The first-order chi connectivity index (χ1) is 6.53. The molecule has 0 aliphatic carbocycles. The molecule has 0 aliphatic heterocycles. The van der Waals surface area contributed by atoms with Crippen LogP contribution in [-0.2, 0) is 16.6 Å². The van der Waals surface area contributed by atoms with Crippen LogP contribution >= 0.6 is 0 Å². The van der Waals surface area contributed by atoms with E-state index in [1.165, 1.54) is 0 Å². The van der Waals surface area contributed by atoms with E-state index in [0.717, 1.165) is 0 Å². The number of aryl methyl sites for hydroxylation is 1. The Morgan fingerprint density at radius 3 is 2.79 bits per heavy atom. The van der Waals surface area contributed by atoms with Crippen LogP contribution in [0, 0.1) is 6.92 Å². The van der Waals surface area contributed by atoms with E-state index in [9.17, 15) is 8.42 Å². The molecule has 0 aromatic carbocycles. The van der Waals surface area contributed by atoms with E-state index in [1.807, 2.05) is 0 Å². The summed E-state index contributed by atoms with van der Waals surface area (Å²) in [6.45, 7) is 1.16. The number of sulfonamides is 1. The quantitative estimate of drug-likeness (QED) is 0.646. The van der Waals surface area contributed by atoms with Crippen molar-refractivity contribution in [2.45, 2.75) is 13.5 Å². The van der Waals surface area contributed by atoms with E-state index < -0.39 is 16.6 Å². The minimum Gasteiger partial charge on any atom is -0.395 e. The first kappa shape index (κ1) is 11.1. The Kier molecular flexibility index (Phi) is 3.55. The van der Waals surface area contributed by atoms with Crippen LogP contribution in [0.25, 0.3) is 0 Å². The Labute approximate surface area is 81.2 Å². The zero-order valence-corrected chi connectivity index (χ0v) is 8.41. The third-order valence-corrected chi connectivity index (χ3v) is 2.68. The Hall–Kier alpha value is -0.990. The van der Waals surface area contributed by atoms with Gasteiger partial charge in [0.25, 0.3) is 0 Å². The van der Waals surface area contributed by atoms with Gasteiger partial charge in [-0.1, -0.05) is 5.16 Å². The van der Waals surface area contributed by atoms with Crippen molar-refractivity contribution in [3.05, 3.63) is 11.7 Å². The molecule has 80 valence electrons. The predicted octanol–water partition coefficient (Wildman–Crippen LogP) is -1.21. The molecule has 0 spiro atoms. The molecular weight excluding hydrogens is 210 g/mol. The van der Waals surface area contributed by atoms with Crippen molar-refractivity contribution in [1.82, 2.24) is 14.9 Å². The van der Waals surface area contributed by atoms with E-state index in [1.54, 1.807) is 6.92 Å². The molecule has 0 bridgehead atoms. The van der Waals surface area contributed by atoms with Crippen LogP contribution in [-0.4, -0.2) is 36.0 Å². The molecule has 2 N–H and O–H groups in total. The maximum Gasteiger partial charge on any atom is 0.241 e. The highest BCUT2D eigenvalue weighted by atomic mass is 32.2. The van der Waals surface area contributed by atoms with E-state index in [4.69, 9.17) is 5.11 Å². The van der Waals surface area contributed by atoms with Crippen LogP contribution in [0.5, 0.6) is 0 Å². The summed E-state index contributed by atoms with van der Waals surface area (Å²) in [6, 6.07) is 0. The first-order valence-corrected chi connectivity index (χ1v) is 5.56. The second-order valence-corrected chi connectivity index (χ2v) is 4.53. The summed E-state index contributed by atoms with van der Waals surface area (Å²) in [6.07, 6.45) is 0. The number of nitrogens with zero attached hydrogens (tertiary/aromatic N) is 2. The number of hydrogen-bond acceptors (Lipinski definition) is 6. The molecule has 7 nitrogen and oxygen atoms in total. The number of nitrogens with one attached hydrogen (secondary N) is 1. The molecule has 1 aromatic rings. The molecule has 1 rings (SSSR count). The summed E-state index contributed by atoms with van der Waals surface area (Å²) >= 11 is 0. The van der Waals surface area contributed by atoms with Gasteiger partial charge in [0.05, 0.1) is 18.9 Å². The molecule has 8 heteroatoms. The fraction of sp³-hybridized carbons (Fsp3) is 0.667. The van der Waals surface area contributed by atoms with Gasteiger partial charge >= 0.3 is 0 Å². The van der Waals surface area contributed by atoms with E-state index in [2.05, 4.69) is 19.4 Å². The molecule has 0 aliphatic rings.